The number of rotatable bonds is 4. The van der Waals surface area contributed by atoms with Crippen LogP contribution in [0, 0.1) is 17.4 Å². The number of likely N-dealkylation sites (tertiary alicyclic amines) is 1. The van der Waals surface area contributed by atoms with Gasteiger partial charge in [-0.15, -0.1) is 0 Å². The van der Waals surface area contributed by atoms with E-state index in [0.29, 0.717) is 18.7 Å². The lowest BCUT2D eigenvalue weighted by molar-refractivity contribution is -0.121. The standard InChI is InChI=1S/C23H24N4O2/c1-26-8-4-6-16(11-26)23(29)25-19-9-18-12-27(15-24)13-22(18)21(10-19)20-7-3-2-5-17(20)14-28/h2-3,5,7,9-10,14,16H,4,6,8,11-13H2,1H3,(H,25,29). The Kier molecular flexibility index (Phi) is 5.32. The molecule has 2 aliphatic heterocycles. The Morgan fingerprint density at radius 3 is 2.83 bits per heavy atom. The zero-order chi connectivity index (χ0) is 20.4. The SMILES string of the molecule is CN1CCCC(C(=O)Nc2cc3c(c(-c4ccccc4C=O)c2)CN(C#N)C3)C1. The van der Waals surface area contributed by atoms with Crippen LogP contribution in [0.1, 0.15) is 34.3 Å². The van der Waals surface area contributed by atoms with Gasteiger partial charge in [-0.1, -0.05) is 24.3 Å². The number of carbonyl (C=O) groups excluding carboxylic acids is 2. The Morgan fingerprint density at radius 2 is 2.07 bits per heavy atom. The van der Waals surface area contributed by atoms with Gasteiger partial charge in [-0.25, -0.2) is 0 Å². The number of hydrogen-bond donors (Lipinski definition) is 1. The van der Waals surface area contributed by atoms with Crippen molar-refractivity contribution < 1.29 is 9.59 Å². The van der Waals surface area contributed by atoms with E-state index in [1.165, 1.54) is 0 Å². The summed E-state index contributed by atoms with van der Waals surface area (Å²) in [5.41, 5.74) is 5.10. The highest BCUT2D eigenvalue weighted by Gasteiger charge is 2.26. The molecule has 1 fully saturated rings. The first-order chi connectivity index (χ1) is 14.1. The molecule has 6 nitrogen and oxygen atoms in total. The number of nitriles is 1. The summed E-state index contributed by atoms with van der Waals surface area (Å²) in [4.78, 5) is 28.3. The average Bonchev–Trinajstić information content (AvgIpc) is 3.16. The maximum atomic E-state index is 12.8. The van der Waals surface area contributed by atoms with Crippen LogP contribution < -0.4 is 5.32 Å². The summed E-state index contributed by atoms with van der Waals surface area (Å²) in [6.07, 6.45) is 4.97. The summed E-state index contributed by atoms with van der Waals surface area (Å²) in [5, 5.41) is 12.4. The minimum absolute atomic E-state index is 0.0247. The van der Waals surface area contributed by atoms with E-state index in [0.717, 1.165) is 60.2 Å². The number of hydrogen-bond acceptors (Lipinski definition) is 5. The minimum Gasteiger partial charge on any atom is -0.326 e. The molecule has 0 aliphatic carbocycles. The van der Waals surface area contributed by atoms with Gasteiger partial charge in [-0.3, -0.25) is 9.59 Å². The van der Waals surface area contributed by atoms with Crippen LogP contribution >= 0.6 is 0 Å². The highest BCUT2D eigenvalue weighted by Crippen LogP contribution is 2.37. The van der Waals surface area contributed by atoms with Crippen molar-refractivity contribution in [3.8, 4) is 17.3 Å². The number of carbonyl (C=O) groups is 2. The van der Waals surface area contributed by atoms with Crippen LogP contribution in [0.5, 0.6) is 0 Å². The number of nitrogens with zero attached hydrogens (tertiary/aromatic N) is 3. The van der Waals surface area contributed by atoms with Crippen molar-refractivity contribution >= 4 is 17.9 Å². The Bertz CT molecular complexity index is 995. The number of amides is 1. The molecule has 29 heavy (non-hydrogen) atoms. The molecule has 0 aromatic heterocycles. The van der Waals surface area contributed by atoms with E-state index in [1.54, 1.807) is 11.0 Å². The molecule has 0 saturated carbocycles. The number of anilines is 1. The lowest BCUT2D eigenvalue weighted by Gasteiger charge is -2.28. The van der Waals surface area contributed by atoms with E-state index in [9.17, 15) is 14.9 Å². The molecule has 2 aromatic rings. The molecule has 2 aromatic carbocycles. The molecule has 0 bridgehead atoms. The van der Waals surface area contributed by atoms with Crippen molar-refractivity contribution in [3.05, 3.63) is 53.1 Å². The molecule has 2 aliphatic rings. The van der Waals surface area contributed by atoms with Gasteiger partial charge in [0.25, 0.3) is 0 Å². The third-order valence-corrected chi connectivity index (χ3v) is 5.83. The van der Waals surface area contributed by atoms with E-state index in [2.05, 4.69) is 16.4 Å². The van der Waals surface area contributed by atoms with Gasteiger partial charge >= 0.3 is 0 Å². The Labute approximate surface area is 170 Å². The van der Waals surface area contributed by atoms with Gasteiger partial charge in [-0.2, -0.15) is 5.26 Å². The van der Waals surface area contributed by atoms with Crippen LogP contribution in [0.3, 0.4) is 0 Å². The highest BCUT2D eigenvalue weighted by molar-refractivity contribution is 5.95. The van der Waals surface area contributed by atoms with Gasteiger partial charge in [-0.05, 0) is 60.8 Å². The van der Waals surface area contributed by atoms with E-state index in [1.807, 2.05) is 37.4 Å². The largest absolute Gasteiger partial charge is 0.326 e. The lowest BCUT2D eigenvalue weighted by atomic mass is 9.92. The van der Waals surface area contributed by atoms with Crippen molar-refractivity contribution in [2.75, 3.05) is 25.5 Å². The maximum Gasteiger partial charge on any atom is 0.228 e. The summed E-state index contributed by atoms with van der Waals surface area (Å²) < 4.78 is 0. The summed E-state index contributed by atoms with van der Waals surface area (Å²) in [5.74, 6) is 0.00424. The highest BCUT2D eigenvalue weighted by atomic mass is 16.2. The first-order valence-electron chi connectivity index (χ1n) is 9.93. The second kappa shape index (κ2) is 8.06. The van der Waals surface area contributed by atoms with Crippen molar-refractivity contribution in [3.63, 3.8) is 0 Å². The Hall–Kier alpha value is -3.17. The van der Waals surface area contributed by atoms with Gasteiger partial charge < -0.3 is 15.1 Å². The van der Waals surface area contributed by atoms with Crippen LogP contribution in [0.2, 0.25) is 0 Å². The zero-order valence-corrected chi connectivity index (χ0v) is 16.5. The van der Waals surface area contributed by atoms with Crippen LogP contribution in [0.4, 0.5) is 5.69 Å². The summed E-state index contributed by atoms with van der Waals surface area (Å²) >= 11 is 0. The van der Waals surface area contributed by atoms with Crippen LogP contribution in [-0.4, -0.2) is 42.1 Å². The van der Waals surface area contributed by atoms with Gasteiger partial charge in [0.05, 0.1) is 19.0 Å². The number of nitrogens with one attached hydrogen (secondary N) is 1. The zero-order valence-electron chi connectivity index (χ0n) is 16.5. The second-order valence-electron chi connectivity index (χ2n) is 7.91. The molecule has 1 N–H and O–H groups in total. The smallest absolute Gasteiger partial charge is 0.228 e. The number of piperidine rings is 1. The summed E-state index contributed by atoms with van der Waals surface area (Å²) in [6, 6.07) is 11.3. The van der Waals surface area contributed by atoms with Crippen LogP contribution in [-0.2, 0) is 17.9 Å². The topological polar surface area (TPSA) is 76.4 Å². The quantitative estimate of drug-likeness (QED) is 0.643. The first-order valence-corrected chi connectivity index (χ1v) is 9.93. The molecule has 1 amide bonds. The summed E-state index contributed by atoms with van der Waals surface area (Å²) in [6.45, 7) is 2.81. The fourth-order valence-electron chi connectivity index (χ4n) is 4.37. The van der Waals surface area contributed by atoms with Crippen molar-refractivity contribution in [2.24, 2.45) is 5.92 Å². The maximum absolute atomic E-state index is 12.8. The monoisotopic (exact) mass is 388 g/mol. The van der Waals surface area contributed by atoms with Gasteiger partial charge in [0.1, 0.15) is 0 Å². The number of benzene rings is 2. The van der Waals surface area contributed by atoms with Crippen molar-refractivity contribution in [2.45, 2.75) is 25.9 Å². The second-order valence-corrected chi connectivity index (χ2v) is 7.91. The van der Waals surface area contributed by atoms with E-state index >= 15 is 0 Å². The van der Waals surface area contributed by atoms with Gasteiger partial charge in [0.2, 0.25) is 5.91 Å². The molecule has 1 saturated heterocycles. The fraction of sp³-hybridized carbons (Fsp3) is 0.348. The number of aldehydes is 1. The average molecular weight is 388 g/mol. The predicted octanol–water partition coefficient (Wildman–Crippen LogP) is 3.24. The molecular weight excluding hydrogens is 364 g/mol. The molecule has 1 atom stereocenters. The molecule has 148 valence electrons. The van der Waals surface area contributed by atoms with Crippen LogP contribution in [0.15, 0.2) is 36.4 Å². The summed E-state index contributed by atoms with van der Waals surface area (Å²) in [7, 11) is 2.04. The Morgan fingerprint density at radius 1 is 1.24 bits per heavy atom. The van der Waals surface area contributed by atoms with Crippen molar-refractivity contribution in [1.29, 1.82) is 5.26 Å². The van der Waals surface area contributed by atoms with E-state index < -0.39 is 0 Å². The Balaban J connectivity index is 1.70. The lowest BCUT2D eigenvalue weighted by Crippen LogP contribution is -2.38. The first kappa shape index (κ1) is 19.2. The molecule has 4 rings (SSSR count). The molecule has 6 heteroatoms. The van der Waals surface area contributed by atoms with Gasteiger partial charge in [0.15, 0.2) is 12.5 Å². The molecule has 2 heterocycles. The van der Waals surface area contributed by atoms with E-state index in [-0.39, 0.29) is 11.8 Å². The normalized spacial score (nSPS) is 18.8. The third kappa shape index (κ3) is 3.87. The van der Waals surface area contributed by atoms with Gasteiger partial charge in [0, 0.05) is 17.8 Å². The van der Waals surface area contributed by atoms with Crippen LogP contribution in [0.25, 0.3) is 11.1 Å². The minimum atomic E-state index is -0.0247. The molecule has 0 spiro atoms. The fourth-order valence-corrected chi connectivity index (χ4v) is 4.37. The molecular formula is C23H24N4O2. The molecule has 1 unspecified atom stereocenters. The molecule has 0 radical (unpaired) electrons. The van der Waals surface area contributed by atoms with Crippen molar-refractivity contribution in [1.82, 2.24) is 9.80 Å². The number of fused-ring (bicyclic) bond motifs is 1. The van der Waals surface area contributed by atoms with E-state index in [4.69, 9.17) is 0 Å². The third-order valence-electron chi connectivity index (χ3n) is 5.83. The predicted molar refractivity (Wildman–Crippen MR) is 111 cm³/mol.